The van der Waals surface area contributed by atoms with Crippen LogP contribution in [0.5, 0.6) is 0 Å². The maximum atomic E-state index is 13.5. The van der Waals surface area contributed by atoms with Crippen LogP contribution in [-0.4, -0.2) is 36.9 Å². The molecule has 0 radical (unpaired) electrons. The molecule has 1 amide bonds. The molecule has 6 heteroatoms. The molecule has 4 aromatic rings. The Morgan fingerprint density at radius 1 is 1.06 bits per heavy atom. The summed E-state index contributed by atoms with van der Waals surface area (Å²) in [5.74, 6) is 1.01. The van der Waals surface area contributed by atoms with E-state index in [1.54, 1.807) is 6.20 Å². The van der Waals surface area contributed by atoms with E-state index in [0.717, 1.165) is 48.6 Å². The summed E-state index contributed by atoms with van der Waals surface area (Å²) in [4.78, 5) is 29.2. The number of aryl methyl sites for hydroxylation is 2. The van der Waals surface area contributed by atoms with Gasteiger partial charge in [-0.1, -0.05) is 42.0 Å². The van der Waals surface area contributed by atoms with Gasteiger partial charge in [-0.15, -0.1) is 0 Å². The number of carbonyl (C=O) groups excluding carboxylic acids is 1. The van der Waals surface area contributed by atoms with E-state index in [9.17, 15) is 4.79 Å². The van der Waals surface area contributed by atoms with Crippen LogP contribution in [0.1, 0.15) is 63.1 Å². The molecule has 0 aliphatic carbocycles. The monoisotopic (exact) mass is 451 g/mol. The van der Waals surface area contributed by atoms with Gasteiger partial charge in [-0.3, -0.25) is 14.8 Å². The molecule has 2 aromatic heterocycles. The summed E-state index contributed by atoms with van der Waals surface area (Å²) in [5, 5.41) is 0. The van der Waals surface area contributed by atoms with E-state index in [1.807, 2.05) is 48.6 Å². The Labute approximate surface area is 200 Å². The van der Waals surface area contributed by atoms with Crippen LogP contribution < -0.4 is 0 Å². The minimum absolute atomic E-state index is 0.0444. The van der Waals surface area contributed by atoms with E-state index in [-0.39, 0.29) is 11.9 Å². The van der Waals surface area contributed by atoms with E-state index in [4.69, 9.17) is 4.98 Å². The smallest absolute Gasteiger partial charge is 0.254 e. The number of hydrogen-bond donors (Lipinski definition) is 0. The molecular weight excluding hydrogens is 422 g/mol. The van der Waals surface area contributed by atoms with Crippen LogP contribution in [0.4, 0.5) is 0 Å². The lowest BCUT2D eigenvalue weighted by atomic mass is 10.1. The number of likely N-dealkylation sites (tertiary alicyclic amines) is 1. The highest BCUT2D eigenvalue weighted by atomic mass is 16.2. The van der Waals surface area contributed by atoms with Crippen molar-refractivity contribution in [1.29, 1.82) is 0 Å². The third-order valence-corrected chi connectivity index (χ3v) is 6.48. The third-order valence-electron chi connectivity index (χ3n) is 6.48. The fraction of sp³-hybridized carbons (Fsp3) is 0.286. The lowest BCUT2D eigenvalue weighted by Gasteiger charge is -2.25. The zero-order chi connectivity index (χ0) is 23.5. The Morgan fingerprint density at radius 3 is 2.74 bits per heavy atom. The van der Waals surface area contributed by atoms with Crippen LogP contribution in [0.25, 0.3) is 0 Å². The Kier molecular flexibility index (Phi) is 6.21. The maximum Gasteiger partial charge on any atom is 0.254 e. The van der Waals surface area contributed by atoms with Gasteiger partial charge in [0.15, 0.2) is 0 Å². The average molecular weight is 452 g/mol. The highest BCUT2D eigenvalue weighted by molar-refractivity contribution is 5.94. The fourth-order valence-corrected chi connectivity index (χ4v) is 4.75. The molecule has 0 saturated carbocycles. The first-order valence-electron chi connectivity index (χ1n) is 11.8. The molecule has 0 spiro atoms. The van der Waals surface area contributed by atoms with Gasteiger partial charge in [-0.2, -0.15) is 0 Å². The van der Waals surface area contributed by atoms with E-state index >= 15 is 0 Å². The van der Waals surface area contributed by atoms with Crippen molar-refractivity contribution in [2.45, 2.75) is 45.7 Å². The maximum absolute atomic E-state index is 13.5. The van der Waals surface area contributed by atoms with Gasteiger partial charge in [0.1, 0.15) is 5.82 Å². The van der Waals surface area contributed by atoms with Crippen LogP contribution in [0.15, 0.2) is 73.3 Å². The quantitative estimate of drug-likeness (QED) is 0.418. The lowest BCUT2D eigenvalue weighted by Crippen LogP contribution is -2.31. The number of benzene rings is 2. The average Bonchev–Trinajstić information content (AvgIpc) is 3.48. The number of nitrogens with zero attached hydrogens (tertiary/aromatic N) is 5. The second-order valence-electron chi connectivity index (χ2n) is 9.06. The summed E-state index contributed by atoms with van der Waals surface area (Å²) >= 11 is 0. The van der Waals surface area contributed by atoms with Crippen LogP contribution in [-0.2, 0) is 13.0 Å². The van der Waals surface area contributed by atoms with Gasteiger partial charge in [0.25, 0.3) is 5.91 Å². The van der Waals surface area contributed by atoms with Gasteiger partial charge >= 0.3 is 0 Å². The predicted octanol–water partition coefficient (Wildman–Crippen LogP) is 4.91. The third kappa shape index (κ3) is 4.76. The summed E-state index contributed by atoms with van der Waals surface area (Å²) < 4.78 is 2.08. The topological polar surface area (TPSA) is 63.9 Å². The first kappa shape index (κ1) is 22.0. The van der Waals surface area contributed by atoms with Gasteiger partial charge in [0, 0.05) is 43.7 Å². The summed E-state index contributed by atoms with van der Waals surface area (Å²) in [5.41, 5.74) is 6.06. The molecule has 0 N–H and O–H groups in total. The highest BCUT2D eigenvalue weighted by Crippen LogP contribution is 2.32. The van der Waals surface area contributed by atoms with Gasteiger partial charge in [-0.25, -0.2) is 4.98 Å². The van der Waals surface area contributed by atoms with Crippen molar-refractivity contribution < 1.29 is 4.79 Å². The molecule has 1 aliphatic rings. The molecule has 0 bridgehead atoms. The van der Waals surface area contributed by atoms with Gasteiger partial charge < -0.3 is 9.47 Å². The van der Waals surface area contributed by atoms with Crippen molar-refractivity contribution >= 4 is 5.91 Å². The summed E-state index contributed by atoms with van der Waals surface area (Å²) in [6.07, 6.45) is 10.0. The van der Waals surface area contributed by atoms with Crippen LogP contribution in [0, 0.1) is 13.8 Å². The second kappa shape index (κ2) is 9.59. The van der Waals surface area contributed by atoms with Crippen molar-refractivity contribution in [2.24, 2.45) is 0 Å². The Morgan fingerprint density at radius 2 is 1.91 bits per heavy atom. The second-order valence-corrected chi connectivity index (χ2v) is 9.06. The van der Waals surface area contributed by atoms with Crippen molar-refractivity contribution in [3.8, 4) is 0 Å². The fourth-order valence-electron chi connectivity index (χ4n) is 4.75. The highest BCUT2D eigenvalue weighted by Gasteiger charge is 2.32. The molecule has 1 saturated heterocycles. The van der Waals surface area contributed by atoms with E-state index in [0.29, 0.717) is 12.1 Å². The number of aromatic nitrogens is 4. The van der Waals surface area contributed by atoms with Crippen LogP contribution >= 0.6 is 0 Å². The SMILES string of the molecule is Cc1cccc(Cc2cncc([C@@H]3CCCN3C(=O)c3cccc(Cn4ccnc4C)c3)n2)c1. The van der Waals surface area contributed by atoms with E-state index in [2.05, 4.69) is 51.8 Å². The molecule has 172 valence electrons. The molecule has 1 atom stereocenters. The van der Waals surface area contributed by atoms with Crippen molar-refractivity contribution in [1.82, 2.24) is 24.4 Å². The number of hydrogen-bond acceptors (Lipinski definition) is 4. The largest absolute Gasteiger partial charge is 0.331 e. The van der Waals surface area contributed by atoms with Gasteiger partial charge in [0.05, 0.1) is 23.6 Å². The molecule has 5 rings (SSSR count). The number of rotatable bonds is 6. The van der Waals surface area contributed by atoms with Crippen molar-refractivity contribution in [3.63, 3.8) is 0 Å². The first-order chi connectivity index (χ1) is 16.6. The summed E-state index contributed by atoms with van der Waals surface area (Å²) in [6, 6.07) is 16.3. The van der Waals surface area contributed by atoms with E-state index in [1.165, 1.54) is 11.1 Å². The molecule has 2 aromatic carbocycles. The summed E-state index contributed by atoms with van der Waals surface area (Å²) in [7, 11) is 0. The minimum atomic E-state index is -0.0444. The van der Waals surface area contributed by atoms with Crippen molar-refractivity contribution in [3.05, 3.63) is 113 Å². The molecular formula is C28H29N5O. The number of imidazole rings is 1. The number of carbonyl (C=O) groups is 1. The Balaban J connectivity index is 1.34. The first-order valence-corrected chi connectivity index (χ1v) is 11.8. The predicted molar refractivity (Wildman–Crippen MR) is 132 cm³/mol. The lowest BCUT2D eigenvalue weighted by molar-refractivity contribution is 0.0732. The zero-order valence-electron chi connectivity index (χ0n) is 19.7. The molecule has 3 heterocycles. The molecule has 1 aliphatic heterocycles. The normalized spacial score (nSPS) is 15.6. The standard InChI is InChI=1S/C28H29N5O/c1-20-6-3-7-22(14-20)16-25-17-29-18-26(31-25)27-10-5-12-33(27)28(34)24-9-4-8-23(15-24)19-32-13-11-30-21(32)2/h3-4,6-9,11,13-15,17-18,27H,5,10,12,16,19H2,1-2H3/t27-/m0/s1. The molecule has 6 nitrogen and oxygen atoms in total. The summed E-state index contributed by atoms with van der Waals surface area (Å²) in [6.45, 7) is 5.51. The Hall–Kier alpha value is -3.80. The molecule has 0 unspecified atom stereocenters. The van der Waals surface area contributed by atoms with Crippen LogP contribution in [0.2, 0.25) is 0 Å². The molecule has 34 heavy (non-hydrogen) atoms. The minimum Gasteiger partial charge on any atom is -0.331 e. The molecule has 1 fully saturated rings. The van der Waals surface area contributed by atoms with Gasteiger partial charge in [-0.05, 0) is 49.9 Å². The van der Waals surface area contributed by atoms with Gasteiger partial charge in [0.2, 0.25) is 0 Å². The Bertz CT molecular complexity index is 1310. The van der Waals surface area contributed by atoms with Crippen LogP contribution in [0.3, 0.4) is 0 Å². The van der Waals surface area contributed by atoms with Crippen molar-refractivity contribution in [2.75, 3.05) is 6.54 Å². The zero-order valence-corrected chi connectivity index (χ0v) is 19.7. The van der Waals surface area contributed by atoms with E-state index < -0.39 is 0 Å². The number of amides is 1.